The zero-order chi connectivity index (χ0) is 21.8. The van der Waals surface area contributed by atoms with Gasteiger partial charge in [-0.05, 0) is 54.4 Å². The van der Waals surface area contributed by atoms with E-state index >= 15 is 0 Å². The van der Waals surface area contributed by atoms with Gasteiger partial charge in [0.15, 0.2) is 5.65 Å². The lowest BCUT2D eigenvalue weighted by atomic mass is 10.1. The van der Waals surface area contributed by atoms with E-state index in [1.165, 1.54) is 12.1 Å². The maximum Gasteiger partial charge on any atom is 0.220 e. The maximum atomic E-state index is 13.3. The summed E-state index contributed by atoms with van der Waals surface area (Å²) in [6.45, 7) is 2.45. The normalized spacial score (nSPS) is 12.1. The van der Waals surface area contributed by atoms with Crippen molar-refractivity contribution in [3.05, 3.63) is 89.6 Å². The van der Waals surface area contributed by atoms with E-state index in [4.69, 9.17) is 5.73 Å². The fraction of sp³-hybridized carbons (Fsp3) is 0.208. The number of nitrogens with zero attached hydrogens (tertiary/aromatic N) is 3. The number of fused-ring (bicyclic) bond motifs is 1. The van der Waals surface area contributed by atoms with Gasteiger partial charge in [-0.15, -0.1) is 0 Å². The third-order valence-corrected chi connectivity index (χ3v) is 5.23. The summed E-state index contributed by atoms with van der Waals surface area (Å²) in [5, 5.41) is 3.02. The van der Waals surface area contributed by atoms with Crippen molar-refractivity contribution in [1.29, 1.82) is 0 Å². The lowest BCUT2D eigenvalue weighted by Crippen LogP contribution is -2.27. The molecule has 4 aromatic rings. The minimum Gasteiger partial charge on any atom is -0.399 e. The molecule has 0 fully saturated rings. The molecule has 6 nitrogen and oxygen atoms in total. The molecule has 31 heavy (non-hydrogen) atoms. The first-order chi connectivity index (χ1) is 15.0. The lowest BCUT2D eigenvalue weighted by molar-refractivity contribution is -0.121. The molecule has 0 aliphatic carbocycles. The fourth-order valence-electron chi connectivity index (χ4n) is 3.54. The maximum absolute atomic E-state index is 13.3. The molecule has 0 saturated carbocycles. The van der Waals surface area contributed by atoms with Crippen LogP contribution in [-0.4, -0.2) is 20.4 Å². The second-order valence-corrected chi connectivity index (χ2v) is 7.54. The number of nitrogen functional groups attached to an aromatic ring is 1. The van der Waals surface area contributed by atoms with E-state index in [-0.39, 0.29) is 17.8 Å². The van der Waals surface area contributed by atoms with E-state index in [1.807, 2.05) is 47.9 Å². The van der Waals surface area contributed by atoms with Crippen molar-refractivity contribution < 1.29 is 9.18 Å². The first-order valence-electron chi connectivity index (χ1n) is 10.2. The number of aromatic nitrogens is 3. The summed E-state index contributed by atoms with van der Waals surface area (Å²) in [6, 6.07) is 17.4. The number of pyridine rings is 1. The number of aryl methyl sites for hydroxylation is 1. The van der Waals surface area contributed by atoms with Gasteiger partial charge in [0.25, 0.3) is 0 Å². The summed E-state index contributed by atoms with van der Waals surface area (Å²) >= 11 is 0. The SMILES string of the molecule is C[C@H](NC(=O)CCc1nc2cccnc2n1Cc1ccc(F)cc1)c1ccc(N)cc1. The van der Waals surface area contributed by atoms with Crippen LogP contribution in [0.25, 0.3) is 11.2 Å². The first kappa shape index (κ1) is 20.5. The Morgan fingerprint density at radius 2 is 1.87 bits per heavy atom. The Morgan fingerprint density at radius 3 is 2.61 bits per heavy atom. The van der Waals surface area contributed by atoms with Crippen LogP contribution in [0.2, 0.25) is 0 Å². The van der Waals surface area contributed by atoms with Crippen LogP contribution in [0.1, 0.15) is 36.3 Å². The van der Waals surface area contributed by atoms with Crippen molar-refractivity contribution in [2.24, 2.45) is 0 Å². The Hall–Kier alpha value is -3.74. The molecule has 158 valence electrons. The number of imidazole rings is 1. The van der Waals surface area contributed by atoms with Crippen molar-refractivity contribution in [2.45, 2.75) is 32.4 Å². The molecule has 0 bridgehead atoms. The zero-order valence-corrected chi connectivity index (χ0v) is 17.3. The van der Waals surface area contributed by atoms with Crippen LogP contribution < -0.4 is 11.1 Å². The van der Waals surface area contributed by atoms with Crippen LogP contribution in [0.3, 0.4) is 0 Å². The van der Waals surface area contributed by atoms with Crippen LogP contribution in [0.4, 0.5) is 10.1 Å². The zero-order valence-electron chi connectivity index (χ0n) is 17.3. The molecule has 2 heterocycles. The summed E-state index contributed by atoms with van der Waals surface area (Å²) in [4.78, 5) is 21.7. The van der Waals surface area contributed by atoms with Crippen molar-refractivity contribution in [3.8, 4) is 0 Å². The minimum atomic E-state index is -0.274. The smallest absolute Gasteiger partial charge is 0.220 e. The van der Waals surface area contributed by atoms with Crippen LogP contribution >= 0.6 is 0 Å². The van der Waals surface area contributed by atoms with Crippen LogP contribution in [0.5, 0.6) is 0 Å². The third-order valence-electron chi connectivity index (χ3n) is 5.23. The number of carbonyl (C=O) groups is 1. The number of hydrogen-bond acceptors (Lipinski definition) is 4. The lowest BCUT2D eigenvalue weighted by Gasteiger charge is -2.15. The largest absolute Gasteiger partial charge is 0.399 e. The molecule has 1 atom stereocenters. The van der Waals surface area contributed by atoms with Gasteiger partial charge in [-0.25, -0.2) is 14.4 Å². The van der Waals surface area contributed by atoms with Crippen molar-refractivity contribution in [1.82, 2.24) is 19.9 Å². The predicted octanol–water partition coefficient (Wildman–Crippen LogP) is 4.01. The molecule has 0 spiro atoms. The molecule has 0 aliphatic heterocycles. The summed E-state index contributed by atoms with van der Waals surface area (Å²) in [5.74, 6) is 0.440. The molecule has 4 rings (SSSR count). The molecule has 0 saturated heterocycles. The summed E-state index contributed by atoms with van der Waals surface area (Å²) in [6.07, 6.45) is 2.49. The van der Waals surface area contributed by atoms with E-state index < -0.39 is 0 Å². The molecule has 2 aromatic carbocycles. The van der Waals surface area contributed by atoms with Gasteiger partial charge >= 0.3 is 0 Å². The molecule has 7 heteroatoms. The first-order valence-corrected chi connectivity index (χ1v) is 10.2. The van der Waals surface area contributed by atoms with Crippen molar-refractivity contribution in [2.75, 3.05) is 5.73 Å². The van der Waals surface area contributed by atoms with Gasteiger partial charge in [-0.2, -0.15) is 0 Å². The fourth-order valence-corrected chi connectivity index (χ4v) is 3.54. The Labute approximate surface area is 179 Å². The van der Waals surface area contributed by atoms with E-state index in [0.717, 1.165) is 28.1 Å². The van der Waals surface area contributed by atoms with E-state index in [2.05, 4.69) is 15.3 Å². The van der Waals surface area contributed by atoms with Gasteiger partial charge in [0.05, 0.1) is 12.6 Å². The monoisotopic (exact) mass is 417 g/mol. The number of nitrogens with one attached hydrogen (secondary N) is 1. The number of anilines is 1. The van der Waals surface area contributed by atoms with Crippen LogP contribution in [-0.2, 0) is 17.8 Å². The van der Waals surface area contributed by atoms with Gasteiger partial charge in [0.1, 0.15) is 17.2 Å². The van der Waals surface area contributed by atoms with E-state index in [0.29, 0.717) is 25.1 Å². The third kappa shape index (κ3) is 4.88. The minimum absolute atomic E-state index is 0.0577. The average Bonchev–Trinajstić information content (AvgIpc) is 3.11. The molecule has 2 aromatic heterocycles. The quantitative estimate of drug-likeness (QED) is 0.445. The van der Waals surface area contributed by atoms with Gasteiger partial charge in [-0.1, -0.05) is 24.3 Å². The molecule has 1 amide bonds. The number of halogens is 1. The average molecular weight is 417 g/mol. The highest BCUT2D eigenvalue weighted by atomic mass is 19.1. The summed E-state index contributed by atoms with van der Waals surface area (Å²) in [7, 11) is 0. The Morgan fingerprint density at radius 1 is 1.13 bits per heavy atom. The topological polar surface area (TPSA) is 85.8 Å². The highest BCUT2D eigenvalue weighted by Gasteiger charge is 2.15. The Bertz CT molecular complexity index is 1190. The van der Waals surface area contributed by atoms with Gasteiger partial charge in [0.2, 0.25) is 5.91 Å². The molecule has 3 N–H and O–H groups in total. The molecular weight excluding hydrogens is 393 g/mol. The number of benzene rings is 2. The van der Waals surface area contributed by atoms with Gasteiger partial charge in [-0.3, -0.25) is 4.79 Å². The number of nitrogens with two attached hydrogens (primary N) is 1. The number of hydrogen-bond donors (Lipinski definition) is 2. The molecule has 0 radical (unpaired) electrons. The second-order valence-electron chi connectivity index (χ2n) is 7.54. The highest BCUT2D eigenvalue weighted by Crippen LogP contribution is 2.18. The Balaban J connectivity index is 1.48. The number of carbonyl (C=O) groups excluding carboxylic acids is 1. The highest BCUT2D eigenvalue weighted by molar-refractivity contribution is 5.77. The molecular formula is C24H24FN5O. The van der Waals surface area contributed by atoms with Crippen LogP contribution in [0, 0.1) is 5.82 Å². The summed E-state index contributed by atoms with van der Waals surface area (Å²) < 4.78 is 15.3. The number of rotatable bonds is 7. The van der Waals surface area contributed by atoms with Crippen LogP contribution in [0.15, 0.2) is 66.9 Å². The van der Waals surface area contributed by atoms with Gasteiger partial charge in [0, 0.05) is 24.7 Å². The van der Waals surface area contributed by atoms with E-state index in [9.17, 15) is 9.18 Å². The van der Waals surface area contributed by atoms with E-state index in [1.54, 1.807) is 18.3 Å². The number of amides is 1. The predicted molar refractivity (Wildman–Crippen MR) is 119 cm³/mol. The van der Waals surface area contributed by atoms with Crippen molar-refractivity contribution >= 4 is 22.8 Å². The molecule has 0 aliphatic rings. The summed E-state index contributed by atoms with van der Waals surface area (Å²) in [5.41, 5.74) is 9.87. The second kappa shape index (κ2) is 8.95. The standard InChI is InChI=1S/C24H24FN5O/c1-16(18-6-10-20(26)11-7-18)28-23(31)13-12-22-29-21-3-2-14-27-24(21)30(22)15-17-4-8-19(25)9-5-17/h2-11,14,16H,12-13,15,26H2,1H3,(H,28,31)/t16-/m0/s1. The molecule has 0 unspecified atom stereocenters. The van der Waals surface area contributed by atoms with Crippen molar-refractivity contribution in [3.63, 3.8) is 0 Å². The Kier molecular flexibility index (Phi) is 5.93. The van der Waals surface area contributed by atoms with Gasteiger partial charge < -0.3 is 15.6 Å².